The molecule has 10 heteroatoms. The number of hydrogen-bond donors (Lipinski definition) is 2. The van der Waals surface area contributed by atoms with Crippen LogP contribution >= 0.6 is 0 Å². The highest BCUT2D eigenvalue weighted by molar-refractivity contribution is 6.00. The number of anilines is 4. The molecule has 1 aliphatic heterocycles. The van der Waals surface area contributed by atoms with Crippen molar-refractivity contribution in [3.63, 3.8) is 0 Å². The van der Waals surface area contributed by atoms with E-state index in [0.717, 1.165) is 43.9 Å². The van der Waals surface area contributed by atoms with Gasteiger partial charge in [-0.1, -0.05) is 24.2 Å². The van der Waals surface area contributed by atoms with Crippen molar-refractivity contribution in [3.8, 4) is 0 Å². The molecule has 0 saturated carbocycles. The number of aryl methyl sites for hydroxylation is 1. The number of amides is 1. The van der Waals surface area contributed by atoms with Crippen molar-refractivity contribution in [3.05, 3.63) is 54.0 Å². The van der Waals surface area contributed by atoms with E-state index in [-0.39, 0.29) is 17.9 Å². The van der Waals surface area contributed by atoms with Gasteiger partial charge in [0.2, 0.25) is 0 Å². The fourth-order valence-electron chi connectivity index (χ4n) is 3.83. The first-order valence-electron chi connectivity index (χ1n) is 11.3. The van der Waals surface area contributed by atoms with Crippen molar-refractivity contribution in [1.82, 2.24) is 15.2 Å². The van der Waals surface area contributed by atoms with Crippen LogP contribution in [0.5, 0.6) is 0 Å². The van der Waals surface area contributed by atoms with Gasteiger partial charge in [0.05, 0.1) is 19.0 Å². The molecule has 10 nitrogen and oxygen atoms in total. The van der Waals surface area contributed by atoms with Gasteiger partial charge in [0.1, 0.15) is 5.82 Å². The van der Waals surface area contributed by atoms with Gasteiger partial charge in [-0.05, 0) is 55.0 Å². The Morgan fingerprint density at radius 2 is 1.82 bits per heavy atom. The molecule has 3 heterocycles. The molecule has 0 unspecified atom stereocenters. The van der Waals surface area contributed by atoms with Crippen LogP contribution in [-0.4, -0.2) is 47.3 Å². The monoisotopic (exact) mass is 464 g/mol. The van der Waals surface area contributed by atoms with Crippen molar-refractivity contribution in [1.29, 1.82) is 0 Å². The van der Waals surface area contributed by atoms with E-state index in [4.69, 9.17) is 9.15 Å². The second-order valence-corrected chi connectivity index (χ2v) is 8.16. The van der Waals surface area contributed by atoms with Crippen molar-refractivity contribution in [2.24, 2.45) is 5.92 Å². The Labute approximate surface area is 197 Å². The van der Waals surface area contributed by atoms with E-state index in [1.165, 1.54) is 12.7 Å². The lowest BCUT2D eigenvalue weighted by molar-refractivity contribution is -0.141. The lowest BCUT2D eigenvalue weighted by atomic mass is 9.93. The number of aromatic nitrogens is 3. The lowest BCUT2D eigenvalue weighted by Crippen LogP contribution is -2.35. The summed E-state index contributed by atoms with van der Waals surface area (Å²) in [7, 11) is 1.42. The molecule has 3 aromatic rings. The minimum atomic E-state index is -0.514. The molecule has 0 spiro atoms. The number of methoxy groups -OCH3 is 1. The molecule has 0 bridgehead atoms. The van der Waals surface area contributed by atoms with Gasteiger partial charge in [-0.15, -0.1) is 5.10 Å². The van der Waals surface area contributed by atoms with Crippen LogP contribution in [0.1, 0.15) is 42.4 Å². The number of nitrogens with zero attached hydrogens (tertiary/aromatic N) is 4. The second kappa shape index (κ2) is 10.8. The Morgan fingerprint density at radius 3 is 2.47 bits per heavy atom. The summed E-state index contributed by atoms with van der Waals surface area (Å²) in [5.74, 6) is 0.343. The van der Waals surface area contributed by atoms with E-state index in [1.807, 2.05) is 30.3 Å². The van der Waals surface area contributed by atoms with Crippen LogP contribution in [0.2, 0.25) is 0 Å². The van der Waals surface area contributed by atoms with Gasteiger partial charge in [0, 0.05) is 25.2 Å². The van der Waals surface area contributed by atoms with Gasteiger partial charge in [0.15, 0.2) is 0 Å². The molecule has 2 N–H and O–H groups in total. The SMILES string of the molecule is CCc1ccc(Nc2nnc(C(=O)Nc3ccc(N4CCC(CC(=O)OC)CC4)nc3)o2)cc1. The third-order valence-corrected chi connectivity index (χ3v) is 5.86. The van der Waals surface area contributed by atoms with Gasteiger partial charge in [0.25, 0.3) is 0 Å². The van der Waals surface area contributed by atoms with Gasteiger partial charge < -0.3 is 24.7 Å². The Kier molecular flexibility index (Phi) is 7.36. The molecule has 1 amide bonds. The topological polar surface area (TPSA) is 122 Å². The Balaban J connectivity index is 1.29. The Bertz CT molecular complexity index is 1110. The maximum Gasteiger partial charge on any atom is 0.320 e. The van der Waals surface area contributed by atoms with Gasteiger partial charge in [-0.25, -0.2) is 4.98 Å². The fourth-order valence-corrected chi connectivity index (χ4v) is 3.83. The van der Waals surface area contributed by atoms with Crippen LogP contribution in [-0.2, 0) is 16.0 Å². The smallest absolute Gasteiger partial charge is 0.320 e. The van der Waals surface area contributed by atoms with Gasteiger partial charge in [-0.2, -0.15) is 0 Å². The summed E-state index contributed by atoms with van der Waals surface area (Å²) in [5, 5.41) is 13.4. The third-order valence-electron chi connectivity index (χ3n) is 5.86. The molecule has 1 fully saturated rings. The molecule has 1 saturated heterocycles. The van der Waals surface area contributed by atoms with Crippen LogP contribution in [0.15, 0.2) is 47.0 Å². The number of pyridine rings is 1. The van der Waals surface area contributed by atoms with Gasteiger partial charge in [-0.3, -0.25) is 9.59 Å². The van der Waals surface area contributed by atoms with E-state index in [0.29, 0.717) is 18.0 Å². The lowest BCUT2D eigenvalue weighted by Gasteiger charge is -2.32. The van der Waals surface area contributed by atoms with Crippen molar-refractivity contribution in [2.45, 2.75) is 32.6 Å². The quantitative estimate of drug-likeness (QED) is 0.479. The summed E-state index contributed by atoms with van der Waals surface area (Å²) < 4.78 is 10.2. The Hall–Kier alpha value is -3.95. The van der Waals surface area contributed by atoms with Crippen LogP contribution in [0.4, 0.5) is 23.2 Å². The van der Waals surface area contributed by atoms with Crippen LogP contribution in [0.25, 0.3) is 0 Å². The minimum absolute atomic E-state index is 0.137. The molecule has 4 rings (SSSR count). The number of piperidine rings is 1. The van der Waals surface area contributed by atoms with Crippen LogP contribution < -0.4 is 15.5 Å². The molecule has 1 aliphatic rings. The number of carbonyl (C=O) groups excluding carboxylic acids is 2. The van der Waals surface area contributed by atoms with E-state index in [1.54, 1.807) is 12.3 Å². The zero-order valence-corrected chi connectivity index (χ0v) is 19.3. The fraction of sp³-hybridized carbons (Fsp3) is 0.375. The molecule has 178 valence electrons. The highest BCUT2D eigenvalue weighted by Gasteiger charge is 2.23. The van der Waals surface area contributed by atoms with E-state index < -0.39 is 5.91 Å². The molecular formula is C24H28N6O4. The van der Waals surface area contributed by atoms with Gasteiger partial charge >= 0.3 is 23.8 Å². The highest BCUT2D eigenvalue weighted by Crippen LogP contribution is 2.25. The average Bonchev–Trinajstić information content (AvgIpc) is 3.34. The average molecular weight is 465 g/mol. The molecule has 0 atom stereocenters. The first-order valence-corrected chi connectivity index (χ1v) is 11.3. The number of esters is 1. The number of nitrogens with one attached hydrogen (secondary N) is 2. The second-order valence-electron chi connectivity index (χ2n) is 8.16. The summed E-state index contributed by atoms with van der Waals surface area (Å²) in [4.78, 5) is 30.6. The minimum Gasteiger partial charge on any atom is -0.469 e. The van der Waals surface area contributed by atoms with Crippen LogP contribution in [0, 0.1) is 5.92 Å². The van der Waals surface area contributed by atoms with E-state index in [2.05, 4.69) is 37.6 Å². The highest BCUT2D eigenvalue weighted by atomic mass is 16.5. The van der Waals surface area contributed by atoms with Crippen molar-refractivity contribution in [2.75, 3.05) is 35.7 Å². The standard InChI is InChI=1S/C24H28N6O4/c1-3-16-4-6-18(7-5-16)27-24-29-28-23(34-24)22(32)26-19-8-9-20(25-15-19)30-12-10-17(11-13-30)14-21(31)33-2/h4-9,15,17H,3,10-14H2,1-2H3,(H,26,32)(H,27,29). The van der Waals surface area contributed by atoms with Crippen LogP contribution in [0.3, 0.4) is 0 Å². The summed E-state index contributed by atoms with van der Waals surface area (Å²) >= 11 is 0. The summed E-state index contributed by atoms with van der Waals surface area (Å²) in [6.45, 7) is 3.73. The van der Waals surface area contributed by atoms with E-state index >= 15 is 0 Å². The number of hydrogen-bond acceptors (Lipinski definition) is 9. The summed E-state index contributed by atoms with van der Waals surface area (Å²) in [5.41, 5.74) is 2.54. The summed E-state index contributed by atoms with van der Waals surface area (Å²) in [6.07, 6.45) is 4.83. The zero-order valence-electron chi connectivity index (χ0n) is 19.3. The first-order chi connectivity index (χ1) is 16.5. The molecule has 34 heavy (non-hydrogen) atoms. The predicted octanol–water partition coefficient (Wildman–Crippen LogP) is 3.80. The summed E-state index contributed by atoms with van der Waals surface area (Å²) in [6, 6.07) is 11.6. The maximum absolute atomic E-state index is 12.5. The van der Waals surface area contributed by atoms with Crippen molar-refractivity contribution >= 4 is 35.1 Å². The first kappa shape index (κ1) is 23.2. The van der Waals surface area contributed by atoms with Crippen molar-refractivity contribution < 1.29 is 18.7 Å². The Morgan fingerprint density at radius 1 is 1.09 bits per heavy atom. The molecule has 2 aromatic heterocycles. The predicted molar refractivity (Wildman–Crippen MR) is 127 cm³/mol. The molecule has 0 radical (unpaired) electrons. The zero-order chi connectivity index (χ0) is 23.9. The number of benzene rings is 1. The molecular weight excluding hydrogens is 436 g/mol. The third kappa shape index (κ3) is 5.89. The molecule has 1 aromatic carbocycles. The number of rotatable bonds is 8. The molecule has 0 aliphatic carbocycles. The number of carbonyl (C=O) groups is 2. The van der Waals surface area contributed by atoms with E-state index in [9.17, 15) is 9.59 Å². The largest absolute Gasteiger partial charge is 0.469 e. The maximum atomic E-state index is 12.5. The normalized spacial score (nSPS) is 14.0. The number of ether oxygens (including phenoxy) is 1.